The van der Waals surface area contributed by atoms with Crippen molar-refractivity contribution in [3.05, 3.63) is 139 Å². The molecule has 5 heteroatoms. The lowest BCUT2D eigenvalue weighted by Crippen LogP contribution is -2.26. The number of hydrogen-bond acceptors (Lipinski definition) is 3. The summed E-state index contributed by atoms with van der Waals surface area (Å²) >= 11 is 0. The van der Waals surface area contributed by atoms with Gasteiger partial charge in [-0.05, 0) is 35.4 Å². The van der Waals surface area contributed by atoms with Gasteiger partial charge in [-0.2, -0.15) is 9.97 Å². The van der Waals surface area contributed by atoms with E-state index in [1.54, 1.807) is 0 Å². The van der Waals surface area contributed by atoms with E-state index in [4.69, 9.17) is 15.0 Å². The highest BCUT2D eigenvalue weighted by Crippen LogP contribution is 2.48. The zero-order chi connectivity index (χ0) is 28.7. The van der Waals surface area contributed by atoms with Gasteiger partial charge in [0.05, 0.1) is 16.6 Å². The van der Waals surface area contributed by atoms with Crippen molar-refractivity contribution < 1.29 is 0 Å². The molecule has 0 amide bonds. The van der Waals surface area contributed by atoms with Crippen LogP contribution in [0.4, 0.5) is 0 Å². The average Bonchev–Trinajstić information content (AvgIpc) is 3.65. The maximum atomic E-state index is 5.14. The van der Waals surface area contributed by atoms with Crippen LogP contribution in [0.2, 0.25) is 0 Å². The lowest BCUT2D eigenvalue weighted by molar-refractivity contribution is 0.629. The predicted octanol–water partition coefficient (Wildman–Crippen LogP) is 8.89. The van der Waals surface area contributed by atoms with Crippen LogP contribution >= 0.6 is 0 Å². The Morgan fingerprint density at radius 1 is 0.535 bits per heavy atom. The molecule has 3 aromatic heterocycles. The molecular weight excluding hydrogens is 526 g/mol. The molecule has 0 spiro atoms. The fraction of sp³-hybridized carbons (Fsp3) is 0.0789. The van der Waals surface area contributed by atoms with Crippen molar-refractivity contribution in [2.45, 2.75) is 19.3 Å². The molecule has 5 nitrogen and oxygen atoms in total. The first kappa shape index (κ1) is 24.1. The largest absolute Gasteiger partial charge is 0.316 e. The summed E-state index contributed by atoms with van der Waals surface area (Å²) in [7, 11) is 0. The van der Waals surface area contributed by atoms with Gasteiger partial charge in [-0.25, -0.2) is 4.98 Å². The first-order chi connectivity index (χ1) is 21.1. The van der Waals surface area contributed by atoms with Gasteiger partial charge < -0.3 is 4.57 Å². The van der Waals surface area contributed by atoms with E-state index in [0.717, 1.165) is 22.2 Å². The minimum absolute atomic E-state index is 0.158. The lowest BCUT2D eigenvalue weighted by atomic mass is 9.74. The SMILES string of the molecule is CC1(C)c2ccccc2-n2ccc3c2c1cc1c2ccccc2n(-c2nc(-c4ccccc4)nc(-c4ccccc4)n2)c13. The molecule has 5 aromatic carbocycles. The predicted molar refractivity (Wildman–Crippen MR) is 174 cm³/mol. The Kier molecular flexibility index (Phi) is 4.89. The average molecular weight is 554 g/mol. The van der Waals surface area contributed by atoms with E-state index in [-0.39, 0.29) is 5.41 Å². The van der Waals surface area contributed by atoms with Crippen LogP contribution in [-0.4, -0.2) is 24.1 Å². The molecule has 43 heavy (non-hydrogen) atoms. The molecule has 0 fully saturated rings. The van der Waals surface area contributed by atoms with Crippen LogP contribution < -0.4 is 0 Å². The highest BCUT2D eigenvalue weighted by Gasteiger charge is 2.35. The van der Waals surface area contributed by atoms with Crippen molar-refractivity contribution in [3.63, 3.8) is 0 Å². The monoisotopic (exact) mass is 553 g/mol. The number of benzene rings is 5. The number of nitrogens with zero attached hydrogens (tertiary/aromatic N) is 5. The van der Waals surface area contributed by atoms with Gasteiger partial charge in [0.25, 0.3) is 0 Å². The van der Waals surface area contributed by atoms with Gasteiger partial charge in [-0.3, -0.25) is 4.57 Å². The van der Waals surface area contributed by atoms with E-state index < -0.39 is 0 Å². The zero-order valence-corrected chi connectivity index (χ0v) is 23.9. The van der Waals surface area contributed by atoms with Crippen molar-refractivity contribution >= 4 is 32.7 Å². The normalized spacial score (nSPS) is 13.5. The number of fused-ring (bicyclic) bond motifs is 6. The van der Waals surface area contributed by atoms with E-state index in [9.17, 15) is 0 Å². The van der Waals surface area contributed by atoms with Crippen LogP contribution in [0.5, 0.6) is 0 Å². The summed E-state index contributed by atoms with van der Waals surface area (Å²) < 4.78 is 4.59. The molecule has 0 saturated heterocycles. The second kappa shape index (κ2) is 8.73. The fourth-order valence-electron chi connectivity index (χ4n) is 6.93. The molecule has 4 heterocycles. The molecule has 0 bridgehead atoms. The first-order valence-corrected chi connectivity index (χ1v) is 14.6. The fourth-order valence-corrected chi connectivity index (χ4v) is 6.93. The van der Waals surface area contributed by atoms with Crippen molar-refractivity contribution in [3.8, 4) is 34.4 Å². The van der Waals surface area contributed by atoms with Crippen LogP contribution in [0.15, 0.2) is 128 Å². The third kappa shape index (κ3) is 3.36. The Bertz CT molecular complexity index is 2300. The summed E-state index contributed by atoms with van der Waals surface area (Å²) in [6.45, 7) is 4.68. The Hall–Kier alpha value is -5.55. The topological polar surface area (TPSA) is 48.5 Å². The van der Waals surface area contributed by atoms with Crippen LogP contribution in [0.3, 0.4) is 0 Å². The van der Waals surface area contributed by atoms with Gasteiger partial charge in [0.1, 0.15) is 0 Å². The third-order valence-electron chi connectivity index (χ3n) is 9.00. The highest BCUT2D eigenvalue weighted by molar-refractivity contribution is 6.19. The van der Waals surface area contributed by atoms with Crippen molar-refractivity contribution in [1.29, 1.82) is 0 Å². The highest BCUT2D eigenvalue weighted by atomic mass is 15.2. The number of para-hydroxylation sites is 2. The molecule has 0 aliphatic carbocycles. The molecule has 8 aromatic rings. The molecule has 1 aliphatic heterocycles. The van der Waals surface area contributed by atoms with Crippen molar-refractivity contribution in [2.24, 2.45) is 0 Å². The van der Waals surface area contributed by atoms with Gasteiger partial charge in [-0.1, -0.05) is 111 Å². The molecule has 1 aliphatic rings. The Balaban J connectivity index is 1.43. The number of rotatable bonds is 3. The molecule has 0 saturated carbocycles. The summed E-state index contributed by atoms with van der Waals surface area (Å²) in [6.07, 6.45) is 2.21. The Labute approximate surface area is 248 Å². The molecular formula is C38H27N5. The molecule has 9 rings (SSSR count). The Morgan fingerprint density at radius 2 is 1.16 bits per heavy atom. The van der Waals surface area contributed by atoms with E-state index in [1.807, 2.05) is 36.4 Å². The Morgan fingerprint density at radius 3 is 1.88 bits per heavy atom. The van der Waals surface area contributed by atoms with Crippen LogP contribution in [0.1, 0.15) is 25.0 Å². The van der Waals surface area contributed by atoms with Gasteiger partial charge in [-0.15, -0.1) is 0 Å². The lowest BCUT2D eigenvalue weighted by Gasteiger charge is -2.34. The van der Waals surface area contributed by atoms with Gasteiger partial charge in [0.15, 0.2) is 11.6 Å². The first-order valence-electron chi connectivity index (χ1n) is 14.6. The standard InChI is InChI=1S/C38H27N5/c1-38(2)29-18-10-12-20-32(29)42-22-21-27-33-28(23-30(38)34(27)42)26-17-9-11-19-31(26)43(33)37-40-35(24-13-5-3-6-14-24)39-36(41-37)25-15-7-4-8-16-25/h3-23H,1-2H3. The van der Waals surface area contributed by atoms with E-state index >= 15 is 0 Å². The minimum atomic E-state index is -0.158. The van der Waals surface area contributed by atoms with Gasteiger partial charge in [0.2, 0.25) is 5.95 Å². The van der Waals surface area contributed by atoms with Crippen LogP contribution in [0, 0.1) is 0 Å². The maximum Gasteiger partial charge on any atom is 0.238 e. The van der Waals surface area contributed by atoms with Crippen molar-refractivity contribution in [2.75, 3.05) is 0 Å². The maximum absolute atomic E-state index is 5.14. The van der Waals surface area contributed by atoms with E-state index in [1.165, 1.54) is 38.5 Å². The number of aromatic nitrogens is 5. The summed E-state index contributed by atoms with van der Waals surface area (Å²) in [6, 6.07) is 42.3. The summed E-state index contributed by atoms with van der Waals surface area (Å²) in [5.74, 6) is 1.91. The summed E-state index contributed by atoms with van der Waals surface area (Å²) in [5, 5.41) is 3.57. The molecule has 0 atom stereocenters. The molecule has 0 N–H and O–H groups in total. The third-order valence-corrected chi connectivity index (χ3v) is 9.00. The quantitative estimate of drug-likeness (QED) is 0.220. The molecule has 0 unspecified atom stereocenters. The van der Waals surface area contributed by atoms with E-state index in [0.29, 0.717) is 17.6 Å². The molecule has 0 radical (unpaired) electrons. The summed E-state index contributed by atoms with van der Waals surface area (Å²) in [5.41, 5.74) is 9.06. The molecule has 204 valence electrons. The van der Waals surface area contributed by atoms with Crippen LogP contribution in [0.25, 0.3) is 67.1 Å². The van der Waals surface area contributed by atoms with Gasteiger partial charge >= 0.3 is 0 Å². The van der Waals surface area contributed by atoms with Crippen molar-refractivity contribution in [1.82, 2.24) is 24.1 Å². The summed E-state index contributed by atoms with van der Waals surface area (Å²) in [4.78, 5) is 15.2. The minimum Gasteiger partial charge on any atom is -0.316 e. The second-order valence-corrected chi connectivity index (χ2v) is 11.8. The number of hydrogen-bond donors (Lipinski definition) is 0. The zero-order valence-electron chi connectivity index (χ0n) is 23.9. The van der Waals surface area contributed by atoms with Crippen LogP contribution in [-0.2, 0) is 5.41 Å². The smallest absolute Gasteiger partial charge is 0.238 e. The second-order valence-electron chi connectivity index (χ2n) is 11.8. The van der Waals surface area contributed by atoms with Gasteiger partial charge in [0, 0.05) is 44.6 Å². The van der Waals surface area contributed by atoms with E-state index in [2.05, 4.69) is 114 Å².